The molecule has 0 saturated carbocycles. The molecule has 0 radical (unpaired) electrons. The van der Waals surface area contributed by atoms with Crippen LogP contribution in [-0.4, -0.2) is 17.0 Å². The van der Waals surface area contributed by atoms with Crippen LogP contribution in [0.4, 0.5) is 0 Å². The zero-order chi connectivity index (χ0) is 8.97. The second kappa shape index (κ2) is 3.80. The van der Waals surface area contributed by atoms with Crippen molar-refractivity contribution >= 4 is 0 Å². The predicted molar refractivity (Wildman–Crippen MR) is 46.2 cm³/mol. The van der Waals surface area contributed by atoms with Crippen LogP contribution in [0.1, 0.15) is 11.4 Å². The van der Waals surface area contributed by atoms with Gasteiger partial charge in [0.25, 0.3) is 0 Å². The number of nitrogens with zero attached hydrogens (tertiary/aromatic N) is 3. The maximum atomic E-state index is 10.0. The summed E-state index contributed by atoms with van der Waals surface area (Å²) < 4.78 is 0. The Morgan fingerprint density at radius 1 is 1.58 bits per heavy atom. The summed E-state index contributed by atoms with van der Waals surface area (Å²) in [6.45, 7) is 2.38. The van der Waals surface area contributed by atoms with Crippen LogP contribution in [-0.2, 0) is 6.54 Å². The van der Waals surface area contributed by atoms with Gasteiger partial charge in [0.05, 0.1) is 17.5 Å². The monoisotopic (exact) mass is 165 g/mol. The Bertz CT molecular complexity index is 275. The smallest absolute Gasteiger partial charge is 0.0811 e. The predicted octanol–water partition coefficient (Wildman–Crippen LogP) is 1.50. The van der Waals surface area contributed by atoms with Crippen molar-refractivity contribution in [3.8, 4) is 0 Å². The molecule has 0 aliphatic rings. The molecule has 0 N–H and O–H groups in total. The maximum absolute atomic E-state index is 10.0. The molecule has 1 rings (SSSR count). The molecule has 0 saturated heterocycles. The van der Waals surface area contributed by atoms with Gasteiger partial charge in [-0.25, -0.2) is 0 Å². The Hall–Kier alpha value is -1.45. The molecule has 0 spiro atoms. The van der Waals surface area contributed by atoms with Gasteiger partial charge in [0.2, 0.25) is 0 Å². The van der Waals surface area contributed by atoms with Gasteiger partial charge in [0, 0.05) is 12.7 Å². The van der Waals surface area contributed by atoms with E-state index in [1.54, 1.807) is 7.05 Å². The van der Waals surface area contributed by atoms with Crippen molar-refractivity contribution in [1.82, 2.24) is 9.99 Å². The standard InChI is InChI=1S/C8H11N3O/c1-7-4-3-5-8(9-7)6-11(2)10-12/h3-5H,6H2,1-2H3. The lowest BCUT2D eigenvalue weighted by atomic mass is 10.3. The third-order valence-electron chi connectivity index (χ3n) is 1.48. The molecule has 0 bridgehead atoms. The minimum Gasteiger partial charge on any atom is -0.258 e. The normalized spacial score (nSPS) is 9.50. The number of rotatable bonds is 3. The molecular weight excluding hydrogens is 154 g/mol. The third-order valence-corrected chi connectivity index (χ3v) is 1.48. The average molecular weight is 165 g/mol. The van der Waals surface area contributed by atoms with Gasteiger partial charge in [-0.15, -0.1) is 4.91 Å². The van der Waals surface area contributed by atoms with Crippen molar-refractivity contribution in [3.63, 3.8) is 0 Å². The Balaban J connectivity index is 2.69. The number of nitroso groups, excluding NO2 is 1. The highest BCUT2D eigenvalue weighted by atomic mass is 16.3. The first-order valence-electron chi connectivity index (χ1n) is 3.69. The zero-order valence-corrected chi connectivity index (χ0v) is 7.19. The highest BCUT2D eigenvalue weighted by Crippen LogP contribution is 2.01. The first kappa shape index (κ1) is 8.64. The highest BCUT2D eigenvalue weighted by molar-refractivity contribution is 5.09. The molecule has 0 aromatic carbocycles. The van der Waals surface area contributed by atoms with Crippen molar-refractivity contribution in [3.05, 3.63) is 34.5 Å². The van der Waals surface area contributed by atoms with E-state index in [1.165, 1.54) is 5.01 Å². The molecule has 64 valence electrons. The fourth-order valence-electron chi connectivity index (χ4n) is 0.951. The van der Waals surface area contributed by atoms with Crippen LogP contribution in [0.5, 0.6) is 0 Å². The highest BCUT2D eigenvalue weighted by Gasteiger charge is 1.98. The van der Waals surface area contributed by atoms with Gasteiger partial charge < -0.3 is 0 Å². The lowest BCUT2D eigenvalue weighted by Gasteiger charge is -2.07. The molecular formula is C8H11N3O. The van der Waals surface area contributed by atoms with Crippen molar-refractivity contribution in [2.24, 2.45) is 5.29 Å². The second-order valence-electron chi connectivity index (χ2n) is 2.67. The van der Waals surface area contributed by atoms with Gasteiger partial charge in [-0.2, -0.15) is 0 Å². The molecule has 0 fully saturated rings. The summed E-state index contributed by atoms with van der Waals surface area (Å²) in [6.07, 6.45) is 0. The van der Waals surface area contributed by atoms with E-state index in [2.05, 4.69) is 10.3 Å². The number of aromatic nitrogens is 1. The Kier molecular flexibility index (Phi) is 2.74. The van der Waals surface area contributed by atoms with Crippen molar-refractivity contribution < 1.29 is 0 Å². The van der Waals surface area contributed by atoms with E-state index >= 15 is 0 Å². The summed E-state index contributed by atoms with van der Waals surface area (Å²) in [4.78, 5) is 14.3. The van der Waals surface area contributed by atoms with Gasteiger partial charge in [-0.1, -0.05) is 6.07 Å². The molecule has 0 atom stereocenters. The van der Waals surface area contributed by atoms with E-state index in [1.807, 2.05) is 25.1 Å². The Morgan fingerprint density at radius 3 is 2.92 bits per heavy atom. The topological polar surface area (TPSA) is 45.6 Å². The molecule has 4 heteroatoms. The largest absolute Gasteiger partial charge is 0.258 e. The van der Waals surface area contributed by atoms with Gasteiger partial charge in [0.15, 0.2) is 0 Å². The number of hydrogen-bond acceptors (Lipinski definition) is 3. The van der Waals surface area contributed by atoms with E-state index in [4.69, 9.17) is 0 Å². The van der Waals surface area contributed by atoms with E-state index in [0.29, 0.717) is 6.54 Å². The second-order valence-corrected chi connectivity index (χ2v) is 2.67. The molecule has 12 heavy (non-hydrogen) atoms. The van der Waals surface area contributed by atoms with E-state index in [9.17, 15) is 4.91 Å². The number of aryl methyl sites for hydroxylation is 1. The average Bonchev–Trinajstić information content (AvgIpc) is 2.04. The van der Waals surface area contributed by atoms with E-state index < -0.39 is 0 Å². The van der Waals surface area contributed by atoms with Crippen molar-refractivity contribution in [2.45, 2.75) is 13.5 Å². The maximum Gasteiger partial charge on any atom is 0.0811 e. The number of pyridine rings is 1. The summed E-state index contributed by atoms with van der Waals surface area (Å²) >= 11 is 0. The minimum absolute atomic E-state index is 0.463. The van der Waals surface area contributed by atoms with Crippen LogP contribution in [0.2, 0.25) is 0 Å². The van der Waals surface area contributed by atoms with E-state index in [0.717, 1.165) is 11.4 Å². The summed E-state index contributed by atoms with van der Waals surface area (Å²) in [5.41, 5.74) is 1.81. The fraction of sp³-hybridized carbons (Fsp3) is 0.375. The van der Waals surface area contributed by atoms with Crippen LogP contribution in [0.25, 0.3) is 0 Å². The van der Waals surface area contributed by atoms with Crippen molar-refractivity contribution in [1.29, 1.82) is 0 Å². The van der Waals surface area contributed by atoms with Crippen LogP contribution in [0, 0.1) is 11.8 Å². The molecule has 1 aromatic rings. The Labute approximate surface area is 71.2 Å². The summed E-state index contributed by atoms with van der Waals surface area (Å²) in [5.74, 6) is 0. The fourth-order valence-corrected chi connectivity index (χ4v) is 0.951. The Morgan fingerprint density at radius 2 is 2.33 bits per heavy atom. The summed E-state index contributed by atoms with van der Waals surface area (Å²) in [5, 5.41) is 4.06. The lowest BCUT2D eigenvalue weighted by Crippen LogP contribution is -2.10. The van der Waals surface area contributed by atoms with Crippen LogP contribution >= 0.6 is 0 Å². The van der Waals surface area contributed by atoms with Gasteiger partial charge in [0.1, 0.15) is 0 Å². The summed E-state index contributed by atoms with van der Waals surface area (Å²) in [6, 6.07) is 5.70. The zero-order valence-electron chi connectivity index (χ0n) is 7.19. The van der Waals surface area contributed by atoms with E-state index in [-0.39, 0.29) is 0 Å². The van der Waals surface area contributed by atoms with Crippen LogP contribution < -0.4 is 0 Å². The molecule has 0 aliphatic carbocycles. The lowest BCUT2D eigenvalue weighted by molar-refractivity contribution is 0.337. The number of hydrogen-bond donors (Lipinski definition) is 0. The molecule has 0 amide bonds. The molecule has 4 nitrogen and oxygen atoms in total. The van der Waals surface area contributed by atoms with Crippen LogP contribution in [0.3, 0.4) is 0 Å². The van der Waals surface area contributed by atoms with Crippen LogP contribution in [0.15, 0.2) is 23.5 Å². The van der Waals surface area contributed by atoms with Gasteiger partial charge in [-0.05, 0) is 19.1 Å². The quantitative estimate of drug-likeness (QED) is 0.503. The molecule has 0 aliphatic heterocycles. The minimum atomic E-state index is 0.463. The van der Waals surface area contributed by atoms with Gasteiger partial charge >= 0.3 is 0 Å². The van der Waals surface area contributed by atoms with Gasteiger partial charge in [-0.3, -0.25) is 9.99 Å². The molecule has 1 aromatic heterocycles. The SMILES string of the molecule is Cc1cccc(CN(C)N=O)n1. The first-order valence-corrected chi connectivity index (χ1v) is 3.69. The molecule has 1 heterocycles. The first-order chi connectivity index (χ1) is 5.72. The third kappa shape index (κ3) is 2.30. The molecule has 0 unspecified atom stereocenters. The van der Waals surface area contributed by atoms with Crippen molar-refractivity contribution in [2.75, 3.05) is 7.05 Å². The summed E-state index contributed by atoms with van der Waals surface area (Å²) in [7, 11) is 1.62.